The second kappa shape index (κ2) is 3.38. The zero-order valence-corrected chi connectivity index (χ0v) is 10.9. The molecule has 1 spiro atoms. The van der Waals surface area contributed by atoms with Crippen LogP contribution in [0, 0.1) is 23.7 Å². The number of rotatable bonds is 0. The normalized spacial score (nSPS) is 53.9. The predicted molar refractivity (Wildman–Crippen MR) is 65.8 cm³/mol. The van der Waals surface area contributed by atoms with Crippen molar-refractivity contribution in [2.45, 2.75) is 44.3 Å². The van der Waals surface area contributed by atoms with Crippen molar-refractivity contribution in [2.75, 3.05) is 6.61 Å². The molecule has 2 aliphatic carbocycles. The maximum atomic E-state index is 11.8. The third-order valence-corrected chi connectivity index (χ3v) is 5.82. The summed E-state index contributed by atoms with van der Waals surface area (Å²) in [7, 11) is 0. The zero-order chi connectivity index (χ0) is 12.5. The number of ether oxygens (including phenoxy) is 2. The van der Waals surface area contributed by atoms with Crippen molar-refractivity contribution in [3.05, 3.63) is 12.2 Å². The van der Waals surface area contributed by atoms with Crippen molar-refractivity contribution in [1.82, 2.24) is 0 Å². The smallest absolute Gasteiger partial charge is 0.309 e. The lowest BCUT2D eigenvalue weighted by Crippen LogP contribution is -2.33. The van der Waals surface area contributed by atoms with E-state index in [0.29, 0.717) is 17.8 Å². The minimum atomic E-state index is -0.00360. The molecule has 0 amide bonds. The Hall–Kier alpha value is -0.830. The lowest BCUT2D eigenvalue weighted by molar-refractivity contribution is -0.145. The molecular formula is C15H20O3. The molecule has 0 bridgehead atoms. The van der Waals surface area contributed by atoms with Gasteiger partial charge in [-0.25, -0.2) is 0 Å². The highest BCUT2D eigenvalue weighted by Crippen LogP contribution is 2.58. The molecule has 2 heterocycles. The molecule has 2 saturated carbocycles. The summed E-state index contributed by atoms with van der Waals surface area (Å²) in [5.41, 5.74) is 1.40. The number of carbonyl (C=O) groups excluding carboxylic acids is 1. The number of carbonyl (C=O) groups is 1. The topological polar surface area (TPSA) is 38.8 Å². The number of fused-ring (bicyclic) bond motifs is 4. The van der Waals surface area contributed by atoms with Gasteiger partial charge >= 0.3 is 5.97 Å². The van der Waals surface area contributed by atoms with Crippen LogP contribution in [0.3, 0.4) is 0 Å². The first-order valence-electron chi connectivity index (χ1n) is 7.14. The van der Waals surface area contributed by atoms with Gasteiger partial charge in [0.2, 0.25) is 0 Å². The van der Waals surface area contributed by atoms with Crippen LogP contribution < -0.4 is 0 Å². The summed E-state index contributed by atoms with van der Waals surface area (Å²) in [5, 5.41) is 0. The Kier molecular flexibility index (Phi) is 2.07. The van der Waals surface area contributed by atoms with Crippen molar-refractivity contribution in [2.24, 2.45) is 23.7 Å². The minimum absolute atomic E-state index is 0.00360. The third-order valence-electron chi connectivity index (χ3n) is 5.82. The fourth-order valence-corrected chi connectivity index (χ4v) is 4.61. The summed E-state index contributed by atoms with van der Waals surface area (Å²) in [6, 6.07) is 0. The van der Waals surface area contributed by atoms with Crippen LogP contribution in [0.5, 0.6) is 0 Å². The Morgan fingerprint density at radius 1 is 1.39 bits per heavy atom. The summed E-state index contributed by atoms with van der Waals surface area (Å²) in [6.45, 7) is 7.16. The highest BCUT2D eigenvalue weighted by Gasteiger charge is 2.62. The summed E-state index contributed by atoms with van der Waals surface area (Å²) in [4.78, 5) is 11.8. The highest BCUT2D eigenvalue weighted by molar-refractivity contribution is 5.75. The molecule has 6 unspecified atom stereocenters. The summed E-state index contributed by atoms with van der Waals surface area (Å²) >= 11 is 0. The largest absolute Gasteiger partial charge is 0.461 e. The molecule has 3 nitrogen and oxygen atoms in total. The molecule has 0 aromatic carbocycles. The molecule has 4 fully saturated rings. The Labute approximate surface area is 108 Å². The fourth-order valence-electron chi connectivity index (χ4n) is 4.61. The van der Waals surface area contributed by atoms with Crippen molar-refractivity contribution >= 4 is 5.97 Å². The predicted octanol–water partition coefficient (Wildman–Crippen LogP) is 2.31. The van der Waals surface area contributed by atoms with Crippen LogP contribution in [0.25, 0.3) is 0 Å². The average Bonchev–Trinajstić information content (AvgIpc) is 2.99. The van der Waals surface area contributed by atoms with Crippen molar-refractivity contribution in [3.63, 3.8) is 0 Å². The maximum absolute atomic E-state index is 11.8. The van der Waals surface area contributed by atoms with Gasteiger partial charge in [-0.2, -0.15) is 0 Å². The molecule has 0 aromatic rings. The van der Waals surface area contributed by atoms with E-state index in [9.17, 15) is 4.79 Å². The fraction of sp³-hybridized carbons (Fsp3) is 0.800. The molecule has 98 valence electrons. The van der Waals surface area contributed by atoms with Crippen molar-refractivity contribution in [1.29, 1.82) is 0 Å². The lowest BCUT2D eigenvalue weighted by atomic mass is 9.79. The van der Waals surface area contributed by atoms with Gasteiger partial charge in [-0.3, -0.25) is 4.79 Å². The van der Waals surface area contributed by atoms with Crippen LogP contribution in [0.1, 0.15) is 32.6 Å². The van der Waals surface area contributed by atoms with Gasteiger partial charge in [0.25, 0.3) is 0 Å². The Morgan fingerprint density at radius 3 is 2.89 bits per heavy atom. The Balaban J connectivity index is 1.74. The van der Waals surface area contributed by atoms with Crippen LogP contribution in [-0.4, -0.2) is 24.3 Å². The summed E-state index contributed by atoms with van der Waals surface area (Å²) in [5.74, 6) is 1.32. The molecule has 2 saturated heterocycles. The van der Waals surface area contributed by atoms with Crippen LogP contribution in [0.4, 0.5) is 0 Å². The monoisotopic (exact) mass is 248 g/mol. The zero-order valence-electron chi connectivity index (χ0n) is 10.9. The van der Waals surface area contributed by atoms with Gasteiger partial charge in [-0.1, -0.05) is 19.1 Å². The molecule has 18 heavy (non-hydrogen) atoms. The van der Waals surface area contributed by atoms with E-state index < -0.39 is 0 Å². The van der Waals surface area contributed by atoms with Gasteiger partial charge < -0.3 is 9.47 Å². The van der Waals surface area contributed by atoms with Crippen LogP contribution in [0.2, 0.25) is 0 Å². The van der Waals surface area contributed by atoms with E-state index in [1.165, 1.54) is 12.0 Å². The lowest BCUT2D eigenvalue weighted by Gasteiger charge is -2.28. The van der Waals surface area contributed by atoms with E-state index in [1.54, 1.807) is 0 Å². The van der Waals surface area contributed by atoms with Gasteiger partial charge in [-0.15, -0.1) is 0 Å². The second-order valence-corrected chi connectivity index (χ2v) is 6.58. The number of hydrogen-bond acceptors (Lipinski definition) is 3. The molecule has 2 aliphatic heterocycles. The van der Waals surface area contributed by atoms with Crippen LogP contribution >= 0.6 is 0 Å². The van der Waals surface area contributed by atoms with Gasteiger partial charge in [0.15, 0.2) is 0 Å². The van der Waals surface area contributed by atoms with E-state index in [-0.39, 0.29) is 23.6 Å². The summed E-state index contributed by atoms with van der Waals surface area (Å²) in [6.07, 6.45) is 4.49. The first kappa shape index (κ1) is 11.0. The second-order valence-electron chi connectivity index (χ2n) is 6.58. The molecular weight excluding hydrogens is 228 g/mol. The highest BCUT2D eigenvalue weighted by atomic mass is 16.6. The average molecular weight is 248 g/mol. The van der Waals surface area contributed by atoms with E-state index >= 15 is 0 Å². The van der Waals surface area contributed by atoms with Crippen LogP contribution in [0.15, 0.2) is 12.2 Å². The molecule has 0 radical (unpaired) electrons. The first-order chi connectivity index (χ1) is 8.62. The number of hydrogen-bond donors (Lipinski definition) is 0. The number of epoxide rings is 1. The Bertz CT molecular complexity index is 423. The van der Waals surface area contributed by atoms with Crippen molar-refractivity contribution in [3.8, 4) is 0 Å². The van der Waals surface area contributed by atoms with E-state index in [0.717, 1.165) is 25.9 Å². The molecule has 0 aromatic heterocycles. The summed E-state index contributed by atoms with van der Waals surface area (Å²) < 4.78 is 11.5. The van der Waals surface area contributed by atoms with E-state index in [4.69, 9.17) is 9.47 Å². The molecule has 3 heteroatoms. The van der Waals surface area contributed by atoms with Gasteiger partial charge in [-0.05, 0) is 25.7 Å². The molecule has 6 atom stereocenters. The SMILES string of the molecule is C=C1CCC2C1C1OC(=O)C(C)C1CCC21CO1. The Morgan fingerprint density at radius 2 is 2.17 bits per heavy atom. The van der Waals surface area contributed by atoms with E-state index in [1.807, 2.05) is 6.92 Å². The maximum Gasteiger partial charge on any atom is 0.309 e. The standard InChI is InChI=1S/C15H20O3/c1-8-3-4-11-12(8)13-10(9(2)14(16)18-13)5-6-15(11)7-17-15/h9-13H,1,3-7H2,2H3. The van der Waals surface area contributed by atoms with Crippen molar-refractivity contribution < 1.29 is 14.3 Å². The van der Waals surface area contributed by atoms with Gasteiger partial charge in [0.05, 0.1) is 18.1 Å². The number of esters is 1. The third kappa shape index (κ3) is 1.26. The van der Waals surface area contributed by atoms with Gasteiger partial charge in [0.1, 0.15) is 6.10 Å². The first-order valence-corrected chi connectivity index (χ1v) is 7.14. The minimum Gasteiger partial charge on any atom is -0.461 e. The molecule has 0 N–H and O–H groups in total. The van der Waals surface area contributed by atoms with E-state index in [2.05, 4.69) is 6.58 Å². The quantitative estimate of drug-likeness (QED) is 0.375. The van der Waals surface area contributed by atoms with Crippen LogP contribution in [-0.2, 0) is 14.3 Å². The molecule has 4 aliphatic rings. The molecule has 4 rings (SSSR count). The van der Waals surface area contributed by atoms with Gasteiger partial charge in [0, 0.05) is 17.8 Å².